The Hall–Kier alpha value is -2.06. The molecular formula is C22H26N2. The van der Waals surface area contributed by atoms with Crippen LogP contribution in [0, 0.1) is 0 Å². The largest absolute Gasteiger partial charge is 0.336 e. The third-order valence-electron chi connectivity index (χ3n) is 5.43. The number of fused-ring (bicyclic) bond motifs is 1. The average Bonchev–Trinajstić information content (AvgIpc) is 3.42. The Labute approximate surface area is 145 Å². The van der Waals surface area contributed by atoms with Crippen molar-refractivity contribution >= 4 is 5.69 Å². The lowest BCUT2D eigenvalue weighted by Crippen LogP contribution is -2.43. The van der Waals surface area contributed by atoms with Crippen LogP contribution < -0.4 is 10.6 Å². The van der Waals surface area contributed by atoms with Gasteiger partial charge in [-0.2, -0.15) is 0 Å². The van der Waals surface area contributed by atoms with Gasteiger partial charge in [0.1, 0.15) is 0 Å². The molecule has 0 bridgehead atoms. The standard InChI is InChI=1S/C22H26N2/c1-2-16(6-4-14-23)17-10-12-20(13-11-17)24-15-19-5-3-7-21(22(19)24)18-8-9-18/h3,5,7-8,10-13,15-16,22H,2,4,6,9,14,23H2,1H3. The highest BCUT2D eigenvalue weighted by atomic mass is 15.2. The van der Waals surface area contributed by atoms with Crippen LogP contribution >= 0.6 is 0 Å². The van der Waals surface area contributed by atoms with Crippen LogP contribution in [0.5, 0.6) is 0 Å². The van der Waals surface area contributed by atoms with Crippen LogP contribution in [0.15, 0.2) is 71.5 Å². The van der Waals surface area contributed by atoms with Gasteiger partial charge in [0.2, 0.25) is 0 Å². The molecule has 2 nitrogen and oxygen atoms in total. The molecule has 1 heterocycles. The first-order valence-electron chi connectivity index (χ1n) is 9.19. The molecule has 1 aromatic carbocycles. The maximum Gasteiger partial charge on any atom is 0.0855 e. The highest BCUT2D eigenvalue weighted by molar-refractivity contribution is 5.70. The lowest BCUT2D eigenvalue weighted by Gasteiger charge is -2.42. The zero-order valence-electron chi connectivity index (χ0n) is 14.4. The molecule has 0 saturated heterocycles. The fraction of sp³-hybridized carbons (Fsp3) is 0.364. The second-order valence-corrected chi connectivity index (χ2v) is 6.98. The molecule has 2 N–H and O–H groups in total. The Morgan fingerprint density at radius 1 is 1.25 bits per heavy atom. The molecule has 0 amide bonds. The van der Waals surface area contributed by atoms with E-state index in [-0.39, 0.29) is 0 Å². The summed E-state index contributed by atoms with van der Waals surface area (Å²) in [6, 6.07) is 9.61. The summed E-state index contributed by atoms with van der Waals surface area (Å²) < 4.78 is 0. The first-order valence-corrected chi connectivity index (χ1v) is 9.19. The molecule has 2 atom stereocenters. The highest BCUT2D eigenvalue weighted by Gasteiger charge is 2.36. The zero-order chi connectivity index (χ0) is 16.5. The van der Waals surface area contributed by atoms with Gasteiger partial charge >= 0.3 is 0 Å². The number of anilines is 1. The molecule has 24 heavy (non-hydrogen) atoms. The maximum atomic E-state index is 5.68. The lowest BCUT2D eigenvalue weighted by atomic mass is 9.85. The summed E-state index contributed by atoms with van der Waals surface area (Å²) >= 11 is 0. The number of nitrogens with zero attached hydrogens (tertiary/aromatic N) is 1. The van der Waals surface area contributed by atoms with E-state index in [9.17, 15) is 0 Å². The Bertz CT molecular complexity index is 734. The van der Waals surface area contributed by atoms with E-state index in [0.717, 1.165) is 19.4 Å². The number of allylic oxidation sites excluding steroid dienone is 3. The van der Waals surface area contributed by atoms with E-state index in [4.69, 9.17) is 5.73 Å². The minimum Gasteiger partial charge on any atom is -0.336 e. The van der Waals surface area contributed by atoms with E-state index in [1.165, 1.54) is 40.8 Å². The maximum absolute atomic E-state index is 5.68. The molecule has 0 fully saturated rings. The molecule has 0 radical (unpaired) electrons. The van der Waals surface area contributed by atoms with E-state index in [1.807, 2.05) is 0 Å². The van der Waals surface area contributed by atoms with Gasteiger partial charge in [0.15, 0.2) is 0 Å². The number of benzene rings is 1. The third-order valence-corrected chi connectivity index (χ3v) is 5.43. The number of rotatable bonds is 7. The van der Waals surface area contributed by atoms with Gasteiger partial charge in [0.25, 0.3) is 0 Å². The molecule has 2 heteroatoms. The van der Waals surface area contributed by atoms with E-state index < -0.39 is 0 Å². The van der Waals surface area contributed by atoms with Gasteiger partial charge in [-0.25, -0.2) is 0 Å². The van der Waals surface area contributed by atoms with Crippen LogP contribution in [0.25, 0.3) is 0 Å². The van der Waals surface area contributed by atoms with Crippen LogP contribution in [0.2, 0.25) is 0 Å². The predicted octanol–water partition coefficient (Wildman–Crippen LogP) is 4.82. The highest BCUT2D eigenvalue weighted by Crippen LogP contribution is 2.43. The topological polar surface area (TPSA) is 29.3 Å². The molecule has 3 aliphatic rings. The number of nitrogens with two attached hydrogens (primary N) is 1. The summed E-state index contributed by atoms with van der Waals surface area (Å²) in [5.74, 6) is 0.634. The first kappa shape index (κ1) is 15.5. The normalized spacial score (nSPS) is 22.2. The average molecular weight is 318 g/mol. The van der Waals surface area contributed by atoms with Crippen molar-refractivity contribution in [1.29, 1.82) is 0 Å². The van der Waals surface area contributed by atoms with Crippen LogP contribution in [0.4, 0.5) is 5.69 Å². The minimum atomic E-state index is 0.425. The van der Waals surface area contributed by atoms with E-state index in [2.05, 4.69) is 66.6 Å². The molecule has 124 valence electrons. The van der Waals surface area contributed by atoms with Crippen LogP contribution in [0.1, 0.15) is 44.1 Å². The predicted molar refractivity (Wildman–Crippen MR) is 102 cm³/mol. The fourth-order valence-electron chi connectivity index (χ4n) is 3.88. The summed E-state index contributed by atoms with van der Waals surface area (Å²) in [5, 5.41) is 0. The first-order chi connectivity index (χ1) is 11.8. The second kappa shape index (κ2) is 6.45. The molecule has 1 aromatic rings. The Kier molecular flexibility index (Phi) is 4.15. The monoisotopic (exact) mass is 318 g/mol. The van der Waals surface area contributed by atoms with Crippen molar-refractivity contribution in [3.8, 4) is 0 Å². The van der Waals surface area contributed by atoms with E-state index >= 15 is 0 Å². The van der Waals surface area contributed by atoms with Crippen molar-refractivity contribution in [3.63, 3.8) is 0 Å². The quantitative estimate of drug-likeness (QED) is 0.781. The van der Waals surface area contributed by atoms with Crippen LogP contribution in [-0.2, 0) is 0 Å². The van der Waals surface area contributed by atoms with Crippen molar-refractivity contribution in [2.75, 3.05) is 11.4 Å². The van der Waals surface area contributed by atoms with Gasteiger partial charge in [0.05, 0.1) is 6.04 Å². The van der Waals surface area contributed by atoms with Gasteiger partial charge in [0, 0.05) is 11.9 Å². The Morgan fingerprint density at radius 3 is 2.71 bits per heavy atom. The van der Waals surface area contributed by atoms with Gasteiger partial charge in [-0.15, -0.1) is 0 Å². The number of hydrogen-bond acceptors (Lipinski definition) is 2. The molecule has 4 rings (SSSR count). The molecule has 0 saturated carbocycles. The minimum absolute atomic E-state index is 0.425. The molecule has 2 unspecified atom stereocenters. The van der Waals surface area contributed by atoms with E-state index in [1.54, 1.807) is 0 Å². The number of hydrogen-bond donors (Lipinski definition) is 1. The van der Waals surface area contributed by atoms with Crippen molar-refractivity contribution in [3.05, 3.63) is 77.1 Å². The zero-order valence-corrected chi connectivity index (χ0v) is 14.4. The summed E-state index contributed by atoms with van der Waals surface area (Å²) in [6.45, 7) is 3.06. The van der Waals surface area contributed by atoms with Gasteiger partial charge in [-0.3, -0.25) is 0 Å². The lowest BCUT2D eigenvalue weighted by molar-refractivity contribution is 0.581. The summed E-state index contributed by atoms with van der Waals surface area (Å²) in [6.07, 6.45) is 15.9. The summed E-state index contributed by atoms with van der Waals surface area (Å²) in [7, 11) is 0. The second-order valence-electron chi connectivity index (χ2n) is 6.98. The summed E-state index contributed by atoms with van der Waals surface area (Å²) in [4.78, 5) is 2.41. The molecule has 1 aliphatic heterocycles. The van der Waals surface area contributed by atoms with Crippen molar-refractivity contribution < 1.29 is 0 Å². The van der Waals surface area contributed by atoms with Gasteiger partial charge in [-0.05, 0) is 72.6 Å². The smallest absolute Gasteiger partial charge is 0.0855 e. The molecular weight excluding hydrogens is 292 g/mol. The van der Waals surface area contributed by atoms with Crippen molar-refractivity contribution in [2.24, 2.45) is 5.73 Å². The third kappa shape index (κ3) is 2.76. The molecule has 2 aliphatic carbocycles. The van der Waals surface area contributed by atoms with Crippen LogP contribution in [-0.4, -0.2) is 12.6 Å². The van der Waals surface area contributed by atoms with Gasteiger partial charge < -0.3 is 10.6 Å². The van der Waals surface area contributed by atoms with Crippen molar-refractivity contribution in [1.82, 2.24) is 0 Å². The fourth-order valence-corrected chi connectivity index (χ4v) is 3.88. The summed E-state index contributed by atoms with van der Waals surface area (Å²) in [5.41, 5.74) is 12.8. The van der Waals surface area contributed by atoms with Gasteiger partial charge in [-0.1, -0.05) is 43.4 Å². The Balaban J connectivity index is 1.52. The van der Waals surface area contributed by atoms with E-state index in [0.29, 0.717) is 12.0 Å². The SMILES string of the molecule is CCC(CCCN)c1ccc(N2C=C3C=CC=C(C4=CC4)C32)cc1. The van der Waals surface area contributed by atoms with Crippen molar-refractivity contribution in [2.45, 2.75) is 44.6 Å². The van der Waals surface area contributed by atoms with Crippen LogP contribution in [0.3, 0.4) is 0 Å². The molecule has 0 aromatic heterocycles. The Morgan fingerprint density at radius 2 is 2.04 bits per heavy atom. The molecule has 0 spiro atoms.